The predicted octanol–water partition coefficient (Wildman–Crippen LogP) is 2.40. The molecule has 0 aliphatic rings. The summed E-state index contributed by atoms with van der Waals surface area (Å²) in [4.78, 5) is -0.423. The summed E-state index contributed by atoms with van der Waals surface area (Å²) in [7, 11) is -3.97. The van der Waals surface area contributed by atoms with Gasteiger partial charge in [-0.25, -0.2) is 13.1 Å². The number of hydrogen-bond donors (Lipinski definition) is 1. The fourth-order valence-corrected chi connectivity index (χ4v) is 2.62. The van der Waals surface area contributed by atoms with Gasteiger partial charge in [0, 0.05) is 11.9 Å². The Morgan fingerprint density at radius 3 is 2.55 bits per heavy atom. The van der Waals surface area contributed by atoms with E-state index < -0.39 is 26.7 Å². The lowest BCUT2D eigenvalue weighted by Gasteiger charge is -2.10. The molecule has 0 fully saturated rings. The van der Waals surface area contributed by atoms with Crippen LogP contribution in [-0.4, -0.2) is 33.5 Å². The van der Waals surface area contributed by atoms with E-state index in [1.165, 1.54) is 0 Å². The topological polar surface area (TPSA) is 55.4 Å². The summed E-state index contributed by atoms with van der Waals surface area (Å²) in [5, 5.41) is 0.618. The van der Waals surface area contributed by atoms with Crippen molar-refractivity contribution in [2.24, 2.45) is 0 Å². The van der Waals surface area contributed by atoms with Gasteiger partial charge in [-0.15, -0.1) is 0 Å². The van der Waals surface area contributed by atoms with Crippen molar-refractivity contribution < 1.29 is 26.3 Å². The highest BCUT2D eigenvalue weighted by atomic mass is 79.9. The SMILES string of the molecule is O=S(=O)(NCCOCCBr)c1cccc(C(F)(F)F)c1. The zero-order valence-electron chi connectivity index (χ0n) is 10.3. The van der Waals surface area contributed by atoms with E-state index in [1.54, 1.807) is 0 Å². The monoisotopic (exact) mass is 375 g/mol. The molecule has 9 heteroatoms. The number of halogens is 4. The van der Waals surface area contributed by atoms with Crippen molar-refractivity contribution in [3.8, 4) is 0 Å². The minimum absolute atomic E-state index is 0.00835. The minimum atomic E-state index is -4.58. The molecule has 0 saturated heterocycles. The van der Waals surface area contributed by atoms with Crippen LogP contribution in [0.5, 0.6) is 0 Å². The number of alkyl halides is 4. The van der Waals surface area contributed by atoms with Crippen molar-refractivity contribution in [1.82, 2.24) is 4.72 Å². The second-order valence-electron chi connectivity index (χ2n) is 3.72. The van der Waals surface area contributed by atoms with Crippen molar-refractivity contribution >= 4 is 26.0 Å². The molecule has 0 amide bonds. The van der Waals surface area contributed by atoms with E-state index in [1.807, 2.05) is 0 Å². The van der Waals surface area contributed by atoms with Gasteiger partial charge in [-0.2, -0.15) is 13.2 Å². The van der Waals surface area contributed by atoms with E-state index in [9.17, 15) is 21.6 Å². The van der Waals surface area contributed by atoms with E-state index in [2.05, 4.69) is 20.7 Å². The van der Waals surface area contributed by atoms with Gasteiger partial charge in [-0.05, 0) is 18.2 Å². The molecular formula is C11H13BrF3NO3S. The Labute approximate surface area is 123 Å². The number of sulfonamides is 1. The highest BCUT2D eigenvalue weighted by Crippen LogP contribution is 2.30. The lowest BCUT2D eigenvalue weighted by atomic mass is 10.2. The molecular weight excluding hydrogens is 363 g/mol. The molecule has 1 N–H and O–H groups in total. The molecule has 0 aliphatic carbocycles. The van der Waals surface area contributed by atoms with Crippen LogP contribution < -0.4 is 4.72 Å². The van der Waals surface area contributed by atoms with E-state index in [4.69, 9.17) is 4.74 Å². The molecule has 0 saturated carbocycles. The van der Waals surface area contributed by atoms with Crippen molar-refractivity contribution in [1.29, 1.82) is 0 Å². The molecule has 0 bridgehead atoms. The first-order chi connectivity index (χ1) is 9.27. The standard InChI is InChI=1S/C11H13BrF3NO3S/c12-4-6-19-7-5-16-20(17,18)10-3-1-2-9(8-10)11(13,14)15/h1-3,8,16H,4-7H2. The van der Waals surface area contributed by atoms with Gasteiger partial charge in [-0.1, -0.05) is 22.0 Å². The summed E-state index contributed by atoms with van der Waals surface area (Å²) in [6, 6.07) is 3.58. The third-order valence-electron chi connectivity index (χ3n) is 2.23. The average Bonchev–Trinajstić information content (AvgIpc) is 2.37. The minimum Gasteiger partial charge on any atom is -0.379 e. The molecule has 4 nitrogen and oxygen atoms in total. The second-order valence-corrected chi connectivity index (χ2v) is 6.28. The summed E-state index contributed by atoms with van der Waals surface area (Å²) in [5.74, 6) is 0. The lowest BCUT2D eigenvalue weighted by Crippen LogP contribution is -2.28. The van der Waals surface area contributed by atoms with Crippen LogP contribution in [0.15, 0.2) is 29.2 Å². The highest BCUT2D eigenvalue weighted by Gasteiger charge is 2.31. The molecule has 1 rings (SSSR count). The largest absolute Gasteiger partial charge is 0.416 e. The number of benzene rings is 1. The van der Waals surface area contributed by atoms with Crippen molar-refractivity contribution in [3.63, 3.8) is 0 Å². The van der Waals surface area contributed by atoms with E-state index in [0.717, 1.165) is 18.2 Å². The summed E-state index contributed by atoms with van der Waals surface area (Å²) in [6.45, 7) is 0.556. The van der Waals surface area contributed by atoms with Gasteiger partial charge in [0.2, 0.25) is 10.0 Å². The molecule has 1 aromatic rings. The average molecular weight is 376 g/mol. The van der Waals surface area contributed by atoms with Crippen molar-refractivity contribution in [3.05, 3.63) is 29.8 Å². The molecule has 0 radical (unpaired) electrons. The summed E-state index contributed by atoms with van der Waals surface area (Å²) < 4.78 is 68.3. The zero-order chi connectivity index (χ0) is 15.2. The van der Waals surface area contributed by atoms with Crippen molar-refractivity contribution in [2.45, 2.75) is 11.1 Å². The second kappa shape index (κ2) is 7.39. The number of rotatable bonds is 7. The van der Waals surface area contributed by atoms with Gasteiger partial charge in [-0.3, -0.25) is 0 Å². The fourth-order valence-electron chi connectivity index (χ4n) is 1.33. The molecule has 0 heterocycles. The van der Waals surface area contributed by atoms with Crippen molar-refractivity contribution in [2.75, 3.05) is 25.1 Å². The first-order valence-corrected chi connectivity index (χ1v) is 8.18. The molecule has 0 atom stereocenters. The fraction of sp³-hybridized carbons (Fsp3) is 0.455. The maximum absolute atomic E-state index is 12.5. The Morgan fingerprint density at radius 2 is 1.95 bits per heavy atom. The molecule has 114 valence electrons. The van der Waals surface area contributed by atoms with E-state index in [-0.39, 0.29) is 13.2 Å². The van der Waals surface area contributed by atoms with Gasteiger partial charge in [0.05, 0.1) is 23.7 Å². The maximum atomic E-state index is 12.5. The summed E-state index contributed by atoms with van der Waals surface area (Å²) >= 11 is 3.13. The molecule has 0 aromatic heterocycles. The van der Waals surface area contributed by atoms with Crippen LogP contribution in [0, 0.1) is 0 Å². The first-order valence-electron chi connectivity index (χ1n) is 5.58. The number of hydrogen-bond acceptors (Lipinski definition) is 3. The Balaban J connectivity index is 2.73. The van der Waals surface area contributed by atoms with Crippen LogP contribution in [0.25, 0.3) is 0 Å². The first kappa shape index (κ1) is 17.4. The van der Waals surface area contributed by atoms with Crippen LogP contribution in [0.1, 0.15) is 5.56 Å². The number of ether oxygens (including phenoxy) is 1. The third kappa shape index (κ3) is 5.39. The predicted molar refractivity (Wildman–Crippen MR) is 71.2 cm³/mol. The molecule has 0 spiro atoms. The van der Waals surface area contributed by atoms with Gasteiger partial charge >= 0.3 is 6.18 Å². The number of nitrogens with one attached hydrogen (secondary N) is 1. The van der Waals surface area contributed by atoms with Crippen LogP contribution in [0.4, 0.5) is 13.2 Å². The normalized spacial score (nSPS) is 12.6. The Bertz CT molecular complexity index is 534. The molecule has 0 aliphatic heterocycles. The third-order valence-corrected chi connectivity index (χ3v) is 4.01. The van der Waals surface area contributed by atoms with Crippen LogP contribution >= 0.6 is 15.9 Å². The molecule has 1 aromatic carbocycles. The van der Waals surface area contributed by atoms with E-state index >= 15 is 0 Å². The van der Waals surface area contributed by atoms with Gasteiger partial charge in [0.25, 0.3) is 0 Å². The highest BCUT2D eigenvalue weighted by molar-refractivity contribution is 9.09. The Hall–Kier alpha value is -0.640. The lowest BCUT2D eigenvalue weighted by molar-refractivity contribution is -0.137. The maximum Gasteiger partial charge on any atom is 0.416 e. The van der Waals surface area contributed by atoms with Crippen LogP contribution in [-0.2, 0) is 20.9 Å². The zero-order valence-corrected chi connectivity index (χ0v) is 12.7. The van der Waals surface area contributed by atoms with Gasteiger partial charge in [0.15, 0.2) is 0 Å². The van der Waals surface area contributed by atoms with Crippen LogP contribution in [0.3, 0.4) is 0 Å². The van der Waals surface area contributed by atoms with Gasteiger partial charge < -0.3 is 4.74 Å². The van der Waals surface area contributed by atoms with Crippen LogP contribution in [0.2, 0.25) is 0 Å². The smallest absolute Gasteiger partial charge is 0.379 e. The quantitative estimate of drug-likeness (QED) is 0.588. The Morgan fingerprint density at radius 1 is 1.25 bits per heavy atom. The van der Waals surface area contributed by atoms with Gasteiger partial charge in [0.1, 0.15) is 0 Å². The molecule has 20 heavy (non-hydrogen) atoms. The molecule has 0 unspecified atom stereocenters. The Kier molecular flexibility index (Phi) is 6.44. The van der Waals surface area contributed by atoms with E-state index in [0.29, 0.717) is 18.0 Å². The summed E-state index contributed by atoms with van der Waals surface area (Å²) in [5.41, 5.74) is -1.00. The summed E-state index contributed by atoms with van der Waals surface area (Å²) in [6.07, 6.45) is -4.58.